The van der Waals surface area contributed by atoms with Crippen LogP contribution in [0, 0.1) is 35.1 Å². The molecule has 0 aliphatic carbocycles. The zero-order chi connectivity index (χ0) is 24.0. The third-order valence-electron chi connectivity index (χ3n) is 4.58. The summed E-state index contributed by atoms with van der Waals surface area (Å²) in [6.07, 6.45) is 1.61. The summed E-state index contributed by atoms with van der Waals surface area (Å²) in [6.45, 7) is 0.177. The molecule has 33 heavy (non-hydrogen) atoms. The fraction of sp³-hybridized carbons (Fsp3) is 0.0870. The summed E-state index contributed by atoms with van der Waals surface area (Å²) >= 11 is 2.08. The Morgan fingerprint density at radius 1 is 1.06 bits per heavy atom. The summed E-state index contributed by atoms with van der Waals surface area (Å²) in [5, 5.41) is 31.4. The van der Waals surface area contributed by atoms with Gasteiger partial charge in [-0.2, -0.15) is 5.26 Å². The van der Waals surface area contributed by atoms with Gasteiger partial charge in [-0.1, -0.05) is 12.1 Å². The van der Waals surface area contributed by atoms with Gasteiger partial charge in [0.2, 0.25) is 0 Å². The van der Waals surface area contributed by atoms with E-state index in [0.717, 1.165) is 9.13 Å². The van der Waals surface area contributed by atoms with Crippen molar-refractivity contribution in [3.63, 3.8) is 0 Å². The third-order valence-corrected chi connectivity index (χ3v) is 5.38. The van der Waals surface area contributed by atoms with Crippen LogP contribution in [0.25, 0.3) is 11.6 Å². The zero-order valence-electron chi connectivity index (χ0n) is 17.2. The minimum Gasteiger partial charge on any atom is -0.493 e. The van der Waals surface area contributed by atoms with Crippen molar-refractivity contribution in [1.82, 2.24) is 0 Å². The fourth-order valence-electron chi connectivity index (χ4n) is 2.97. The van der Waals surface area contributed by atoms with Gasteiger partial charge < -0.3 is 9.47 Å². The molecule has 0 N–H and O–H groups in total. The van der Waals surface area contributed by atoms with Crippen LogP contribution in [-0.2, 0) is 6.61 Å². The Morgan fingerprint density at radius 3 is 2.36 bits per heavy atom. The Labute approximate surface area is 202 Å². The van der Waals surface area contributed by atoms with Gasteiger partial charge in [-0.05, 0) is 69.6 Å². The van der Waals surface area contributed by atoms with Crippen LogP contribution in [0.15, 0.2) is 60.7 Å². The Balaban J connectivity index is 1.87. The van der Waals surface area contributed by atoms with Gasteiger partial charge in [-0.25, -0.2) is 0 Å². The average molecular weight is 557 g/mol. The largest absolute Gasteiger partial charge is 0.493 e. The summed E-state index contributed by atoms with van der Waals surface area (Å²) in [4.78, 5) is 20.9. The number of rotatable bonds is 8. The molecule has 0 fully saturated rings. The van der Waals surface area contributed by atoms with E-state index >= 15 is 0 Å². The number of methoxy groups -OCH3 is 1. The molecule has 0 unspecified atom stereocenters. The van der Waals surface area contributed by atoms with E-state index in [4.69, 9.17) is 9.47 Å². The first-order chi connectivity index (χ1) is 15.8. The number of halogens is 1. The number of nitro benzene ring substituents is 2. The van der Waals surface area contributed by atoms with E-state index in [-0.39, 0.29) is 23.6 Å². The molecular formula is C23H16IN3O6. The van der Waals surface area contributed by atoms with Gasteiger partial charge in [-0.15, -0.1) is 0 Å². The van der Waals surface area contributed by atoms with Gasteiger partial charge in [0.05, 0.1) is 32.2 Å². The second kappa shape index (κ2) is 10.6. The molecule has 0 radical (unpaired) electrons. The van der Waals surface area contributed by atoms with E-state index in [0.29, 0.717) is 22.6 Å². The molecule has 0 spiro atoms. The molecule has 0 atom stereocenters. The van der Waals surface area contributed by atoms with Crippen molar-refractivity contribution in [2.75, 3.05) is 7.11 Å². The van der Waals surface area contributed by atoms with Crippen LogP contribution in [0.5, 0.6) is 11.5 Å². The van der Waals surface area contributed by atoms with E-state index in [1.807, 2.05) is 0 Å². The van der Waals surface area contributed by atoms with Gasteiger partial charge >= 0.3 is 0 Å². The Hall–Kier alpha value is -3.98. The van der Waals surface area contributed by atoms with Crippen LogP contribution in [-0.4, -0.2) is 17.0 Å². The van der Waals surface area contributed by atoms with Gasteiger partial charge in [0.25, 0.3) is 11.4 Å². The number of hydrogen-bond donors (Lipinski definition) is 0. The number of ether oxygens (including phenoxy) is 2. The number of allylic oxidation sites excluding steroid dienone is 1. The molecule has 0 aliphatic heterocycles. The summed E-state index contributed by atoms with van der Waals surface area (Å²) in [5.41, 5.74) is 1.99. The number of nitrogens with zero attached hydrogens (tertiary/aromatic N) is 3. The lowest BCUT2D eigenvalue weighted by molar-refractivity contribution is -0.385. The lowest BCUT2D eigenvalue weighted by atomic mass is 10.0. The second-order valence-electron chi connectivity index (χ2n) is 6.72. The minimum atomic E-state index is -0.512. The topological polar surface area (TPSA) is 129 Å². The van der Waals surface area contributed by atoms with Crippen molar-refractivity contribution in [2.45, 2.75) is 6.61 Å². The van der Waals surface area contributed by atoms with E-state index in [1.165, 1.54) is 37.4 Å². The molecule has 10 heteroatoms. The van der Waals surface area contributed by atoms with E-state index in [1.54, 1.807) is 36.4 Å². The molecule has 0 aliphatic rings. The molecule has 0 bridgehead atoms. The summed E-state index contributed by atoms with van der Waals surface area (Å²) in [6, 6.07) is 17.5. The zero-order valence-corrected chi connectivity index (χ0v) is 19.4. The molecule has 3 rings (SSSR count). The maximum Gasteiger partial charge on any atom is 0.270 e. The van der Waals surface area contributed by atoms with Crippen molar-refractivity contribution in [3.05, 3.63) is 101 Å². The summed E-state index contributed by atoms with van der Waals surface area (Å²) in [7, 11) is 1.49. The first-order valence-corrected chi connectivity index (χ1v) is 10.5. The smallest absolute Gasteiger partial charge is 0.270 e. The molecule has 0 saturated heterocycles. The molecule has 0 aromatic heterocycles. The van der Waals surface area contributed by atoms with Crippen molar-refractivity contribution < 1.29 is 19.3 Å². The highest BCUT2D eigenvalue weighted by molar-refractivity contribution is 14.1. The summed E-state index contributed by atoms with van der Waals surface area (Å²) < 4.78 is 12.1. The van der Waals surface area contributed by atoms with Crippen LogP contribution < -0.4 is 9.47 Å². The van der Waals surface area contributed by atoms with Gasteiger partial charge in [-0.3, -0.25) is 20.2 Å². The SMILES string of the molecule is COc1cc(/C=C(/C#N)c2cccc([N+](=O)[O-])c2)cc(I)c1OCc1ccc([N+](=O)[O-])cc1. The van der Waals surface area contributed by atoms with Crippen molar-refractivity contribution in [1.29, 1.82) is 5.26 Å². The van der Waals surface area contributed by atoms with Crippen LogP contribution >= 0.6 is 22.6 Å². The van der Waals surface area contributed by atoms with Gasteiger partial charge in [0.1, 0.15) is 6.61 Å². The van der Waals surface area contributed by atoms with Crippen LogP contribution in [0.4, 0.5) is 11.4 Å². The highest BCUT2D eigenvalue weighted by atomic mass is 127. The van der Waals surface area contributed by atoms with Gasteiger partial charge in [0, 0.05) is 24.3 Å². The van der Waals surface area contributed by atoms with Crippen molar-refractivity contribution >= 4 is 45.6 Å². The Bertz CT molecular complexity index is 1280. The molecule has 0 heterocycles. The number of nitro groups is 2. The molecule has 166 valence electrons. The molecule has 9 nitrogen and oxygen atoms in total. The van der Waals surface area contributed by atoms with Gasteiger partial charge in [0.15, 0.2) is 11.5 Å². The molecular weight excluding hydrogens is 541 g/mol. The average Bonchev–Trinajstić information content (AvgIpc) is 2.81. The minimum absolute atomic E-state index is 0.000837. The standard InChI is InChI=1S/C23H16IN3O6/c1-32-22-11-16(9-18(13-25)17-3-2-4-20(12-17)27(30)31)10-21(24)23(22)33-14-15-5-7-19(8-6-15)26(28)29/h2-12H,14H2,1H3/b18-9-. The fourth-order valence-corrected chi connectivity index (χ4v) is 3.75. The quantitative estimate of drug-likeness (QED) is 0.113. The first-order valence-electron chi connectivity index (χ1n) is 9.42. The second-order valence-corrected chi connectivity index (χ2v) is 7.89. The van der Waals surface area contributed by atoms with E-state index in [2.05, 4.69) is 28.7 Å². The maximum atomic E-state index is 11.0. The highest BCUT2D eigenvalue weighted by Crippen LogP contribution is 2.36. The predicted octanol–water partition coefficient (Wildman–Crippen LogP) is 5.76. The van der Waals surface area contributed by atoms with Crippen LogP contribution in [0.1, 0.15) is 16.7 Å². The highest BCUT2D eigenvalue weighted by Gasteiger charge is 2.14. The predicted molar refractivity (Wildman–Crippen MR) is 130 cm³/mol. The monoisotopic (exact) mass is 557 g/mol. The third kappa shape index (κ3) is 5.83. The van der Waals surface area contributed by atoms with E-state index < -0.39 is 9.85 Å². The molecule has 0 saturated carbocycles. The lowest BCUT2D eigenvalue weighted by Crippen LogP contribution is -2.00. The molecule has 3 aromatic rings. The number of hydrogen-bond acceptors (Lipinski definition) is 7. The Kier molecular flexibility index (Phi) is 7.57. The van der Waals surface area contributed by atoms with Crippen molar-refractivity contribution in [3.8, 4) is 17.6 Å². The number of non-ortho nitro benzene ring substituents is 2. The molecule has 3 aromatic carbocycles. The number of nitriles is 1. The lowest BCUT2D eigenvalue weighted by Gasteiger charge is -2.14. The normalized spacial score (nSPS) is 10.9. The number of benzene rings is 3. The Morgan fingerprint density at radius 2 is 1.76 bits per heavy atom. The van der Waals surface area contributed by atoms with Crippen LogP contribution in [0.2, 0.25) is 0 Å². The first kappa shape index (κ1) is 23.7. The van der Waals surface area contributed by atoms with E-state index in [9.17, 15) is 25.5 Å². The summed E-state index contributed by atoms with van der Waals surface area (Å²) in [5.74, 6) is 0.925. The van der Waals surface area contributed by atoms with Crippen molar-refractivity contribution in [2.24, 2.45) is 0 Å². The maximum absolute atomic E-state index is 11.0. The molecule has 0 amide bonds. The van der Waals surface area contributed by atoms with Crippen LogP contribution in [0.3, 0.4) is 0 Å².